The Hall–Kier alpha value is -4.24. The van der Waals surface area contributed by atoms with Gasteiger partial charge in [0.1, 0.15) is 11.2 Å². The maximum Gasteiger partial charge on any atom is 0.303 e. The standard InChI is InChI=1S/C38H38FN5O4S4/c1-50-23-21-41-29(17-19-32-40(20-10-9-15-33(45)46)30-25-26(39)16-18-31(30)52-32)36(47)43(27-11-5-3-6-12-27)35(41)34-37(48)44(28-13-7-4-8-14-28)38(49)42(34)22-24-51-2/h3-8,11-14,16-19,25H,9-10,15,20-24H2,1-2H3,(H,45,46)/b29-17+,32-19+,35-34+. The monoisotopic (exact) mass is 775 g/mol. The summed E-state index contributed by atoms with van der Waals surface area (Å²) < 4.78 is 18.0. The molecule has 3 aromatic carbocycles. The van der Waals surface area contributed by atoms with E-state index in [1.807, 2.05) is 93.6 Å². The number of hydrogen-bond acceptors (Lipinski definition) is 8. The molecule has 0 saturated carbocycles. The number of aliphatic carboxylic acids is 1. The first-order chi connectivity index (χ1) is 25.2. The zero-order chi connectivity index (χ0) is 36.8. The number of imidazole rings is 1. The molecule has 14 heteroatoms. The van der Waals surface area contributed by atoms with Crippen molar-refractivity contribution in [3.8, 4) is 5.69 Å². The summed E-state index contributed by atoms with van der Waals surface area (Å²) >= 11 is 10.7. The van der Waals surface area contributed by atoms with Crippen LogP contribution < -0.4 is 26.2 Å². The summed E-state index contributed by atoms with van der Waals surface area (Å²) in [6.45, 7) is 1.38. The largest absolute Gasteiger partial charge is 0.481 e. The van der Waals surface area contributed by atoms with Gasteiger partial charge in [0.25, 0.3) is 11.5 Å². The molecule has 0 radical (unpaired) electrons. The first-order valence-corrected chi connectivity index (χ1v) is 20.7. The first-order valence-electron chi connectivity index (χ1n) is 16.7. The number of carboxylic acid groups (broad SMARTS) is 1. The minimum Gasteiger partial charge on any atom is -0.481 e. The molecule has 4 aromatic rings. The third-order valence-corrected chi connectivity index (χ3v) is 11.4. The van der Waals surface area contributed by atoms with Gasteiger partial charge in [0.2, 0.25) is 0 Å². The van der Waals surface area contributed by atoms with Crippen LogP contribution in [0.1, 0.15) is 19.3 Å². The predicted molar refractivity (Wildman–Crippen MR) is 216 cm³/mol. The predicted octanol–water partition coefficient (Wildman–Crippen LogP) is 5.74. The highest BCUT2D eigenvalue weighted by atomic mass is 32.2. The quantitative estimate of drug-likeness (QED) is 0.127. The van der Waals surface area contributed by atoms with Crippen LogP contribution in [0, 0.1) is 5.82 Å². The Morgan fingerprint density at radius 2 is 1.54 bits per heavy atom. The number of benzene rings is 3. The van der Waals surface area contributed by atoms with Crippen molar-refractivity contribution in [2.45, 2.75) is 30.7 Å². The van der Waals surface area contributed by atoms with E-state index >= 15 is 0 Å². The van der Waals surface area contributed by atoms with Crippen molar-refractivity contribution in [3.05, 3.63) is 117 Å². The van der Waals surface area contributed by atoms with Gasteiger partial charge in [0.15, 0.2) is 16.3 Å². The number of amides is 1. The van der Waals surface area contributed by atoms with Crippen LogP contribution in [-0.4, -0.2) is 73.2 Å². The summed E-state index contributed by atoms with van der Waals surface area (Å²) in [6, 6.07) is 23.2. The summed E-state index contributed by atoms with van der Waals surface area (Å²) in [4.78, 5) is 46.8. The van der Waals surface area contributed by atoms with Crippen molar-refractivity contribution < 1.29 is 19.1 Å². The van der Waals surface area contributed by atoms with Crippen LogP contribution >= 0.6 is 47.5 Å². The van der Waals surface area contributed by atoms with Crippen molar-refractivity contribution in [1.29, 1.82) is 0 Å². The van der Waals surface area contributed by atoms with Gasteiger partial charge in [-0.05, 0) is 92.2 Å². The van der Waals surface area contributed by atoms with E-state index in [2.05, 4.69) is 0 Å². The molecule has 2 aliphatic rings. The zero-order valence-electron chi connectivity index (χ0n) is 28.7. The van der Waals surface area contributed by atoms with Crippen molar-refractivity contribution in [2.24, 2.45) is 0 Å². The SMILES string of the molecule is CSCCN1C(=S)N(c2ccccc2)C(=O)/C1=c1\n(-c2ccccc2)c(=O)/c(=C\C=C2\Sc3ccc(F)cc3N2CCCCC(=O)O)n1CCSC. The van der Waals surface area contributed by atoms with Crippen LogP contribution in [0.2, 0.25) is 0 Å². The number of unbranched alkanes of at least 4 members (excludes halogenated alkanes) is 1. The van der Waals surface area contributed by atoms with Gasteiger partial charge in [-0.1, -0.05) is 48.2 Å². The molecule has 9 nitrogen and oxygen atoms in total. The van der Waals surface area contributed by atoms with E-state index in [1.54, 1.807) is 40.2 Å². The molecule has 270 valence electrons. The number of para-hydroxylation sites is 2. The highest BCUT2D eigenvalue weighted by Gasteiger charge is 2.41. The van der Waals surface area contributed by atoms with Gasteiger partial charge in [0.05, 0.1) is 22.1 Å². The summed E-state index contributed by atoms with van der Waals surface area (Å²) in [5, 5.41) is 10.7. The number of carbonyl (C=O) groups excluding carboxylic acids is 1. The van der Waals surface area contributed by atoms with Crippen LogP contribution in [0.15, 0.2) is 99.7 Å². The number of rotatable bonds is 14. The average molecular weight is 776 g/mol. The molecule has 0 bridgehead atoms. The minimum absolute atomic E-state index is 0.0452. The van der Waals surface area contributed by atoms with Gasteiger partial charge in [0, 0.05) is 42.5 Å². The third kappa shape index (κ3) is 7.75. The molecule has 2 aliphatic heterocycles. The average Bonchev–Trinajstić information content (AvgIpc) is 3.71. The lowest BCUT2D eigenvalue weighted by Gasteiger charge is -2.20. The molecule has 1 amide bonds. The summed E-state index contributed by atoms with van der Waals surface area (Å²) in [5.41, 5.74) is 2.43. The Balaban J connectivity index is 1.60. The Labute approximate surface area is 319 Å². The zero-order valence-corrected chi connectivity index (χ0v) is 32.0. The van der Waals surface area contributed by atoms with Gasteiger partial charge >= 0.3 is 5.97 Å². The summed E-state index contributed by atoms with van der Waals surface area (Å²) in [5.74, 6) is -0.172. The second-order valence-corrected chi connectivity index (χ2v) is 15.4. The molecular weight excluding hydrogens is 738 g/mol. The van der Waals surface area contributed by atoms with E-state index in [0.717, 1.165) is 9.92 Å². The second kappa shape index (κ2) is 17.1. The fraction of sp³-hybridized carbons (Fsp3) is 0.263. The topological polar surface area (TPSA) is 91.0 Å². The fourth-order valence-electron chi connectivity index (χ4n) is 6.24. The van der Waals surface area contributed by atoms with Crippen molar-refractivity contribution in [2.75, 3.05) is 46.9 Å². The number of carboxylic acids is 1. The van der Waals surface area contributed by atoms with E-state index in [-0.39, 0.29) is 23.7 Å². The Bertz CT molecular complexity index is 2190. The molecule has 0 unspecified atom stereocenters. The lowest BCUT2D eigenvalue weighted by atomic mass is 10.2. The Morgan fingerprint density at radius 3 is 2.21 bits per heavy atom. The highest BCUT2D eigenvalue weighted by molar-refractivity contribution is 8.03. The number of thioether (sulfide) groups is 3. The van der Waals surface area contributed by atoms with Gasteiger partial charge in [-0.15, -0.1) is 0 Å². The number of allylic oxidation sites excluding steroid dienone is 1. The molecule has 0 aliphatic carbocycles. The first kappa shape index (κ1) is 37.5. The van der Waals surface area contributed by atoms with Gasteiger partial charge in [-0.25, -0.2) is 4.39 Å². The van der Waals surface area contributed by atoms with Crippen LogP contribution in [0.3, 0.4) is 0 Å². The molecule has 52 heavy (non-hydrogen) atoms. The summed E-state index contributed by atoms with van der Waals surface area (Å²) in [7, 11) is 0. The minimum atomic E-state index is -0.860. The van der Waals surface area contributed by atoms with Crippen molar-refractivity contribution in [1.82, 2.24) is 14.0 Å². The number of fused-ring (bicyclic) bond motifs is 1. The molecule has 0 spiro atoms. The lowest BCUT2D eigenvalue weighted by Crippen LogP contribution is -2.38. The van der Waals surface area contributed by atoms with Gasteiger partial charge in [-0.3, -0.25) is 23.9 Å². The van der Waals surface area contributed by atoms with Crippen molar-refractivity contribution >= 4 is 87.6 Å². The number of thiocarbonyl (C=S) groups is 1. The molecular formula is C38H38FN5O4S4. The number of anilines is 2. The van der Waals surface area contributed by atoms with E-state index in [0.29, 0.717) is 82.7 Å². The molecule has 1 fully saturated rings. The second-order valence-electron chi connectivity index (χ2n) is 12.0. The Kier molecular flexibility index (Phi) is 12.3. The van der Waals surface area contributed by atoms with E-state index < -0.39 is 5.97 Å². The number of carbonyl (C=O) groups is 2. The smallest absolute Gasteiger partial charge is 0.303 e. The lowest BCUT2D eigenvalue weighted by molar-refractivity contribution is -0.137. The van der Waals surface area contributed by atoms with Crippen LogP contribution in [0.25, 0.3) is 17.5 Å². The van der Waals surface area contributed by atoms with Crippen LogP contribution in [-0.2, 0) is 16.1 Å². The van der Waals surface area contributed by atoms with Gasteiger partial charge in [-0.2, -0.15) is 23.5 Å². The van der Waals surface area contributed by atoms with Crippen molar-refractivity contribution in [3.63, 3.8) is 0 Å². The van der Waals surface area contributed by atoms with Gasteiger partial charge < -0.3 is 19.5 Å². The normalized spacial score (nSPS) is 16.5. The maximum absolute atomic E-state index is 14.8. The summed E-state index contributed by atoms with van der Waals surface area (Å²) in [6.07, 6.45) is 8.74. The highest BCUT2D eigenvalue weighted by Crippen LogP contribution is 2.46. The number of hydrogen-bond donors (Lipinski definition) is 1. The van der Waals surface area contributed by atoms with E-state index in [1.165, 1.54) is 28.8 Å². The number of nitrogens with zero attached hydrogens (tertiary/aromatic N) is 5. The molecule has 0 atom stereocenters. The molecule has 6 rings (SSSR count). The van der Waals surface area contributed by atoms with E-state index in [9.17, 15) is 18.8 Å². The number of aromatic nitrogens is 2. The molecule has 1 aromatic heterocycles. The third-order valence-electron chi connectivity index (χ3n) is 8.66. The fourth-order valence-corrected chi connectivity index (χ4v) is 8.41. The van der Waals surface area contributed by atoms with Crippen LogP contribution in [0.5, 0.6) is 0 Å². The molecule has 1 N–H and O–H groups in total. The van der Waals surface area contributed by atoms with E-state index in [4.69, 9.17) is 17.3 Å². The molecule has 1 saturated heterocycles. The maximum atomic E-state index is 14.8. The molecule has 3 heterocycles. The van der Waals surface area contributed by atoms with Crippen LogP contribution in [0.4, 0.5) is 15.8 Å². The number of halogens is 1. The Morgan fingerprint density at radius 1 is 0.865 bits per heavy atom.